The van der Waals surface area contributed by atoms with E-state index < -0.39 is 0 Å². The molecule has 1 rings (SSSR count). The van der Waals surface area contributed by atoms with Gasteiger partial charge in [0.1, 0.15) is 5.75 Å². The monoisotopic (exact) mass is 236 g/mol. The first-order chi connectivity index (χ1) is 7.91. The minimum absolute atomic E-state index is 0.412. The lowest BCUT2D eigenvalue weighted by atomic mass is 10.1. The van der Waals surface area contributed by atoms with Gasteiger partial charge in [0.05, 0.1) is 0 Å². The fourth-order valence-electron chi connectivity index (χ4n) is 1.76. The van der Waals surface area contributed by atoms with E-state index in [1.807, 2.05) is 26.0 Å². The molecule has 96 valence electrons. The third-order valence-electron chi connectivity index (χ3n) is 3.20. The van der Waals surface area contributed by atoms with Crippen LogP contribution in [0.5, 0.6) is 5.75 Å². The van der Waals surface area contributed by atoms with Crippen LogP contribution >= 0.6 is 0 Å². The summed E-state index contributed by atoms with van der Waals surface area (Å²) in [5.41, 5.74) is 3.12. The molecule has 0 saturated carbocycles. The summed E-state index contributed by atoms with van der Waals surface area (Å²) in [6.45, 7) is 7.88. The van der Waals surface area contributed by atoms with Crippen molar-refractivity contribution in [2.45, 2.75) is 33.4 Å². The van der Waals surface area contributed by atoms with E-state index in [2.05, 4.69) is 31.2 Å². The zero-order valence-corrected chi connectivity index (χ0v) is 11.5. The molecule has 1 aromatic rings. The van der Waals surface area contributed by atoms with Crippen LogP contribution in [-0.2, 0) is 6.54 Å². The number of hydrogen-bond donors (Lipinski definition) is 2. The first-order valence-corrected chi connectivity index (χ1v) is 6.08. The number of nitrogens with one attached hydrogen (secondary N) is 1. The smallest absolute Gasteiger partial charge is 0.121 e. The number of phenolic OH excluding ortho intramolecular Hbond substituents is 1. The Morgan fingerprint density at radius 2 is 1.76 bits per heavy atom. The highest BCUT2D eigenvalue weighted by atomic mass is 16.3. The van der Waals surface area contributed by atoms with Crippen LogP contribution in [0.2, 0.25) is 0 Å². The molecule has 0 radical (unpaired) electrons. The van der Waals surface area contributed by atoms with Crippen LogP contribution in [0, 0.1) is 13.8 Å². The van der Waals surface area contributed by atoms with Crippen LogP contribution in [0.3, 0.4) is 0 Å². The van der Waals surface area contributed by atoms with Crippen LogP contribution in [-0.4, -0.2) is 36.7 Å². The fourth-order valence-corrected chi connectivity index (χ4v) is 1.76. The number of hydrogen-bond acceptors (Lipinski definition) is 3. The first-order valence-electron chi connectivity index (χ1n) is 6.08. The summed E-state index contributed by atoms with van der Waals surface area (Å²) in [5.74, 6) is 0.412. The van der Waals surface area contributed by atoms with Gasteiger partial charge in [0, 0.05) is 19.1 Å². The summed E-state index contributed by atoms with van der Waals surface area (Å²) in [6, 6.07) is 4.60. The largest absolute Gasteiger partial charge is 0.507 e. The quantitative estimate of drug-likeness (QED) is 0.821. The van der Waals surface area contributed by atoms with E-state index >= 15 is 0 Å². The zero-order chi connectivity index (χ0) is 13.0. The molecule has 17 heavy (non-hydrogen) atoms. The summed E-state index contributed by atoms with van der Waals surface area (Å²) in [6.07, 6.45) is 0. The molecule has 1 aromatic carbocycles. The van der Waals surface area contributed by atoms with Crippen LogP contribution in [0.15, 0.2) is 12.1 Å². The number of phenols is 1. The van der Waals surface area contributed by atoms with Crippen molar-refractivity contribution in [1.82, 2.24) is 10.2 Å². The average Bonchev–Trinajstić information content (AvgIpc) is 2.25. The lowest BCUT2D eigenvalue weighted by molar-refractivity contribution is 0.302. The minimum Gasteiger partial charge on any atom is -0.507 e. The third kappa shape index (κ3) is 4.02. The number of nitrogens with zero attached hydrogens (tertiary/aromatic N) is 1. The number of likely N-dealkylation sites (N-methyl/N-ethyl adjacent to an activating group) is 1. The maximum absolute atomic E-state index is 9.69. The van der Waals surface area contributed by atoms with Crippen LogP contribution in [0.4, 0.5) is 0 Å². The van der Waals surface area contributed by atoms with Crippen molar-refractivity contribution in [2.24, 2.45) is 0 Å². The van der Waals surface area contributed by atoms with E-state index in [0.717, 1.165) is 24.2 Å². The van der Waals surface area contributed by atoms with E-state index in [4.69, 9.17) is 0 Å². The molecule has 0 bridgehead atoms. The predicted octanol–water partition coefficient (Wildman–Crippen LogP) is 2.05. The Bertz CT molecular complexity index is 351. The van der Waals surface area contributed by atoms with Crippen molar-refractivity contribution in [1.29, 1.82) is 0 Å². The Kier molecular flexibility index (Phi) is 4.97. The maximum Gasteiger partial charge on any atom is 0.121 e. The molecule has 0 fully saturated rings. The molecule has 0 aliphatic rings. The standard InChI is InChI=1S/C14H24N2O/c1-10-6-13(7-11(2)14(10)17)9-15-8-12(3)16(4)5/h6-7,12,15,17H,8-9H2,1-5H3. The van der Waals surface area contributed by atoms with Gasteiger partial charge in [0.2, 0.25) is 0 Å². The normalized spacial score (nSPS) is 13.1. The topological polar surface area (TPSA) is 35.5 Å². The molecule has 0 saturated heterocycles. The van der Waals surface area contributed by atoms with E-state index in [1.54, 1.807) is 0 Å². The lowest BCUT2D eigenvalue weighted by Crippen LogP contribution is -2.35. The second kappa shape index (κ2) is 6.03. The maximum atomic E-state index is 9.69. The summed E-state index contributed by atoms with van der Waals surface area (Å²) >= 11 is 0. The van der Waals surface area contributed by atoms with Crippen molar-refractivity contribution in [3.63, 3.8) is 0 Å². The third-order valence-corrected chi connectivity index (χ3v) is 3.20. The molecule has 0 aromatic heterocycles. The second-order valence-corrected chi connectivity index (χ2v) is 5.02. The summed E-state index contributed by atoms with van der Waals surface area (Å²) in [7, 11) is 4.17. The van der Waals surface area contributed by atoms with Gasteiger partial charge in [-0.1, -0.05) is 12.1 Å². The summed E-state index contributed by atoms with van der Waals surface area (Å²) < 4.78 is 0. The van der Waals surface area contributed by atoms with Gasteiger partial charge in [-0.25, -0.2) is 0 Å². The number of rotatable bonds is 5. The molecule has 0 heterocycles. The summed E-state index contributed by atoms with van der Waals surface area (Å²) in [5, 5.41) is 13.1. The molecule has 2 N–H and O–H groups in total. The van der Waals surface area contributed by atoms with Gasteiger partial charge in [-0.05, 0) is 51.6 Å². The summed E-state index contributed by atoms with van der Waals surface area (Å²) in [4.78, 5) is 2.19. The van der Waals surface area contributed by atoms with Gasteiger partial charge >= 0.3 is 0 Å². The predicted molar refractivity (Wildman–Crippen MR) is 72.4 cm³/mol. The molecule has 1 atom stereocenters. The van der Waals surface area contributed by atoms with Crippen molar-refractivity contribution in [3.8, 4) is 5.75 Å². The molecule has 0 amide bonds. The Morgan fingerprint density at radius 3 is 2.24 bits per heavy atom. The number of benzene rings is 1. The second-order valence-electron chi connectivity index (χ2n) is 5.02. The first kappa shape index (κ1) is 14.0. The average molecular weight is 236 g/mol. The van der Waals surface area contributed by atoms with E-state index in [0.29, 0.717) is 11.8 Å². The molecular formula is C14H24N2O. The van der Waals surface area contributed by atoms with Crippen molar-refractivity contribution in [2.75, 3.05) is 20.6 Å². The zero-order valence-electron chi connectivity index (χ0n) is 11.5. The van der Waals surface area contributed by atoms with E-state index in [9.17, 15) is 5.11 Å². The lowest BCUT2D eigenvalue weighted by Gasteiger charge is -2.20. The molecule has 1 unspecified atom stereocenters. The van der Waals surface area contributed by atoms with Crippen molar-refractivity contribution in [3.05, 3.63) is 28.8 Å². The van der Waals surface area contributed by atoms with Gasteiger partial charge in [0.15, 0.2) is 0 Å². The molecular weight excluding hydrogens is 212 g/mol. The Hall–Kier alpha value is -1.06. The SMILES string of the molecule is Cc1cc(CNCC(C)N(C)C)cc(C)c1O. The molecule has 0 spiro atoms. The highest BCUT2D eigenvalue weighted by molar-refractivity contribution is 5.42. The molecule has 0 aliphatic carbocycles. The highest BCUT2D eigenvalue weighted by Gasteiger charge is 2.05. The molecule has 0 aliphatic heterocycles. The Morgan fingerprint density at radius 1 is 1.24 bits per heavy atom. The van der Waals surface area contributed by atoms with E-state index in [1.165, 1.54) is 5.56 Å². The van der Waals surface area contributed by atoms with E-state index in [-0.39, 0.29) is 0 Å². The van der Waals surface area contributed by atoms with Gasteiger partial charge in [-0.15, -0.1) is 0 Å². The van der Waals surface area contributed by atoms with Crippen LogP contribution in [0.25, 0.3) is 0 Å². The van der Waals surface area contributed by atoms with Gasteiger partial charge in [0.25, 0.3) is 0 Å². The van der Waals surface area contributed by atoms with Crippen molar-refractivity contribution >= 4 is 0 Å². The van der Waals surface area contributed by atoms with Crippen LogP contribution < -0.4 is 5.32 Å². The van der Waals surface area contributed by atoms with Crippen LogP contribution in [0.1, 0.15) is 23.6 Å². The molecule has 3 heteroatoms. The molecule has 3 nitrogen and oxygen atoms in total. The van der Waals surface area contributed by atoms with Gasteiger partial charge in [-0.2, -0.15) is 0 Å². The van der Waals surface area contributed by atoms with Gasteiger partial charge < -0.3 is 15.3 Å². The number of aryl methyl sites for hydroxylation is 2. The minimum atomic E-state index is 0.412. The van der Waals surface area contributed by atoms with Gasteiger partial charge in [-0.3, -0.25) is 0 Å². The Labute approximate surface area is 104 Å². The highest BCUT2D eigenvalue weighted by Crippen LogP contribution is 2.22. The Balaban J connectivity index is 2.53. The van der Waals surface area contributed by atoms with Crippen molar-refractivity contribution < 1.29 is 5.11 Å². The fraction of sp³-hybridized carbons (Fsp3) is 0.571. The number of aromatic hydroxyl groups is 1.